The molecule has 2 unspecified atom stereocenters. The fourth-order valence-electron chi connectivity index (χ4n) is 2.36. The van der Waals surface area contributed by atoms with Gasteiger partial charge in [0.15, 0.2) is 4.67 Å². The van der Waals surface area contributed by atoms with Crippen LogP contribution < -0.4 is 5.32 Å². The lowest BCUT2D eigenvalue weighted by Gasteiger charge is -2.37. The van der Waals surface area contributed by atoms with Crippen LogP contribution >= 0.6 is 15.9 Å². The smallest absolute Gasteiger partial charge is 0.410 e. The SMILES string of the molecule is CC(NCC1COCCN1C(=O)OC(C)(C)C)c1ccc(Br)o1. The number of nitrogens with one attached hydrogen (secondary N) is 1. The van der Waals surface area contributed by atoms with Crippen LogP contribution in [0.5, 0.6) is 0 Å². The Morgan fingerprint density at radius 2 is 2.26 bits per heavy atom. The largest absolute Gasteiger partial charge is 0.453 e. The number of morpholine rings is 1. The molecule has 2 rings (SSSR count). The Kier molecular flexibility index (Phi) is 6.11. The molecule has 1 fully saturated rings. The Bertz CT molecular complexity index is 526. The van der Waals surface area contributed by atoms with E-state index in [1.165, 1.54) is 0 Å². The first kappa shape index (κ1) is 18.3. The van der Waals surface area contributed by atoms with Crippen molar-refractivity contribution in [3.05, 3.63) is 22.6 Å². The number of nitrogens with zero attached hydrogens (tertiary/aromatic N) is 1. The van der Waals surface area contributed by atoms with Crippen LogP contribution in [0.2, 0.25) is 0 Å². The maximum Gasteiger partial charge on any atom is 0.410 e. The second-order valence-electron chi connectivity index (χ2n) is 6.67. The molecule has 23 heavy (non-hydrogen) atoms. The Morgan fingerprint density at radius 3 is 2.87 bits per heavy atom. The lowest BCUT2D eigenvalue weighted by molar-refractivity contribution is -0.0322. The van der Waals surface area contributed by atoms with Crippen molar-refractivity contribution in [2.45, 2.75) is 45.4 Å². The van der Waals surface area contributed by atoms with Crippen LogP contribution in [0.3, 0.4) is 0 Å². The zero-order valence-electron chi connectivity index (χ0n) is 14.1. The van der Waals surface area contributed by atoms with Crippen LogP contribution in [0.1, 0.15) is 39.5 Å². The lowest BCUT2D eigenvalue weighted by Crippen LogP contribution is -2.54. The maximum atomic E-state index is 12.3. The molecule has 1 aromatic rings. The van der Waals surface area contributed by atoms with Gasteiger partial charge in [0, 0.05) is 13.1 Å². The average Bonchev–Trinajstić information content (AvgIpc) is 2.90. The van der Waals surface area contributed by atoms with E-state index in [1.54, 1.807) is 4.90 Å². The fraction of sp³-hybridized carbons (Fsp3) is 0.688. The van der Waals surface area contributed by atoms with Gasteiger partial charge in [-0.15, -0.1) is 0 Å². The van der Waals surface area contributed by atoms with Crippen LogP contribution in [0, 0.1) is 0 Å². The molecule has 1 saturated heterocycles. The van der Waals surface area contributed by atoms with Gasteiger partial charge in [0.25, 0.3) is 0 Å². The summed E-state index contributed by atoms with van der Waals surface area (Å²) in [7, 11) is 0. The summed E-state index contributed by atoms with van der Waals surface area (Å²) in [4.78, 5) is 14.1. The van der Waals surface area contributed by atoms with Crippen molar-refractivity contribution in [1.82, 2.24) is 10.2 Å². The van der Waals surface area contributed by atoms with Crippen molar-refractivity contribution in [1.29, 1.82) is 0 Å². The first-order valence-electron chi connectivity index (χ1n) is 7.82. The summed E-state index contributed by atoms with van der Waals surface area (Å²) < 4.78 is 17.2. The number of hydrogen-bond acceptors (Lipinski definition) is 5. The highest BCUT2D eigenvalue weighted by Gasteiger charge is 2.31. The van der Waals surface area contributed by atoms with Crippen molar-refractivity contribution >= 4 is 22.0 Å². The van der Waals surface area contributed by atoms with Gasteiger partial charge < -0.3 is 19.2 Å². The highest BCUT2D eigenvalue weighted by molar-refractivity contribution is 9.10. The summed E-state index contributed by atoms with van der Waals surface area (Å²) in [5.41, 5.74) is -0.499. The van der Waals surface area contributed by atoms with Crippen LogP contribution in [0.15, 0.2) is 21.2 Å². The van der Waals surface area contributed by atoms with Crippen LogP contribution in [-0.4, -0.2) is 48.9 Å². The topological polar surface area (TPSA) is 63.9 Å². The van der Waals surface area contributed by atoms with Gasteiger partial charge in [-0.05, 0) is 55.8 Å². The molecule has 1 amide bonds. The van der Waals surface area contributed by atoms with E-state index in [1.807, 2.05) is 39.8 Å². The Morgan fingerprint density at radius 1 is 1.52 bits per heavy atom. The quantitative estimate of drug-likeness (QED) is 0.856. The monoisotopic (exact) mass is 388 g/mol. The second-order valence-corrected chi connectivity index (χ2v) is 7.46. The fourth-order valence-corrected chi connectivity index (χ4v) is 2.68. The number of rotatable bonds is 4. The predicted octanol–water partition coefficient (Wildman–Crippen LogP) is 3.33. The molecule has 1 N–H and O–H groups in total. The van der Waals surface area contributed by atoms with E-state index < -0.39 is 5.60 Å². The van der Waals surface area contributed by atoms with E-state index in [4.69, 9.17) is 13.9 Å². The molecule has 0 radical (unpaired) electrons. The van der Waals surface area contributed by atoms with Gasteiger partial charge in [0.2, 0.25) is 0 Å². The zero-order valence-corrected chi connectivity index (χ0v) is 15.7. The van der Waals surface area contributed by atoms with Gasteiger partial charge in [-0.2, -0.15) is 0 Å². The van der Waals surface area contributed by atoms with E-state index in [-0.39, 0.29) is 18.2 Å². The number of halogens is 1. The van der Waals surface area contributed by atoms with Crippen molar-refractivity contribution in [3.63, 3.8) is 0 Å². The average molecular weight is 389 g/mol. The van der Waals surface area contributed by atoms with Gasteiger partial charge in [0.05, 0.1) is 25.3 Å². The van der Waals surface area contributed by atoms with E-state index in [0.717, 1.165) is 5.76 Å². The number of furan rings is 1. The predicted molar refractivity (Wildman–Crippen MR) is 90.4 cm³/mol. The molecule has 1 aliphatic rings. The third-order valence-corrected chi connectivity index (χ3v) is 3.96. The third-order valence-electron chi connectivity index (χ3n) is 3.54. The number of ether oxygens (including phenoxy) is 2. The molecule has 0 aliphatic carbocycles. The van der Waals surface area contributed by atoms with E-state index in [2.05, 4.69) is 21.2 Å². The van der Waals surface area contributed by atoms with Gasteiger partial charge in [-0.3, -0.25) is 4.90 Å². The van der Waals surface area contributed by atoms with E-state index in [9.17, 15) is 4.79 Å². The van der Waals surface area contributed by atoms with Crippen molar-refractivity contribution < 1.29 is 18.7 Å². The normalized spacial score (nSPS) is 20.4. The highest BCUT2D eigenvalue weighted by Crippen LogP contribution is 2.20. The second kappa shape index (κ2) is 7.68. The van der Waals surface area contributed by atoms with Crippen molar-refractivity contribution in [2.24, 2.45) is 0 Å². The summed E-state index contributed by atoms with van der Waals surface area (Å²) in [6, 6.07) is 3.78. The van der Waals surface area contributed by atoms with Gasteiger partial charge in [0.1, 0.15) is 11.4 Å². The molecule has 130 valence electrons. The van der Waals surface area contributed by atoms with E-state index >= 15 is 0 Å². The summed E-state index contributed by atoms with van der Waals surface area (Å²) in [5, 5.41) is 3.39. The highest BCUT2D eigenvalue weighted by atomic mass is 79.9. The standard InChI is InChI=1S/C16H25BrN2O4/c1-11(13-5-6-14(17)22-13)18-9-12-10-21-8-7-19(12)15(20)23-16(2,3)4/h5-6,11-12,18H,7-10H2,1-4H3. The van der Waals surface area contributed by atoms with Crippen molar-refractivity contribution in [2.75, 3.05) is 26.3 Å². The molecule has 1 aliphatic heterocycles. The minimum Gasteiger partial charge on any atom is -0.453 e. The number of hydrogen-bond donors (Lipinski definition) is 1. The molecule has 2 atom stereocenters. The van der Waals surface area contributed by atoms with Crippen molar-refractivity contribution in [3.8, 4) is 0 Å². The summed E-state index contributed by atoms with van der Waals surface area (Å²) in [6.07, 6.45) is -0.291. The first-order valence-corrected chi connectivity index (χ1v) is 8.61. The van der Waals surface area contributed by atoms with Crippen LogP contribution in [0.25, 0.3) is 0 Å². The molecular formula is C16H25BrN2O4. The summed E-state index contributed by atoms with van der Waals surface area (Å²) in [6.45, 7) is 9.82. The van der Waals surface area contributed by atoms with Gasteiger partial charge >= 0.3 is 6.09 Å². The maximum absolute atomic E-state index is 12.3. The molecule has 0 aromatic carbocycles. The van der Waals surface area contributed by atoms with Crippen LogP contribution in [-0.2, 0) is 9.47 Å². The summed E-state index contributed by atoms with van der Waals surface area (Å²) >= 11 is 3.30. The minimum atomic E-state index is -0.499. The molecule has 0 bridgehead atoms. The number of carbonyl (C=O) groups excluding carboxylic acids is 1. The van der Waals surface area contributed by atoms with E-state index in [0.29, 0.717) is 31.0 Å². The molecule has 6 nitrogen and oxygen atoms in total. The lowest BCUT2D eigenvalue weighted by atomic mass is 10.2. The Labute approximate surface area is 145 Å². The zero-order chi connectivity index (χ0) is 17.0. The summed E-state index contributed by atoms with van der Waals surface area (Å²) in [5.74, 6) is 0.845. The van der Waals surface area contributed by atoms with Gasteiger partial charge in [-0.25, -0.2) is 4.79 Å². The Balaban J connectivity index is 1.92. The first-order chi connectivity index (χ1) is 10.8. The third kappa shape index (κ3) is 5.51. The molecule has 2 heterocycles. The molecular weight excluding hydrogens is 364 g/mol. The van der Waals surface area contributed by atoms with Gasteiger partial charge in [-0.1, -0.05) is 0 Å². The van der Waals surface area contributed by atoms with Crippen LogP contribution in [0.4, 0.5) is 4.79 Å². The molecule has 0 saturated carbocycles. The number of carbonyl (C=O) groups is 1. The molecule has 1 aromatic heterocycles. The molecule has 0 spiro atoms. The minimum absolute atomic E-state index is 0.0451. The Hall–Kier alpha value is -1.05. The molecule has 7 heteroatoms. The number of amides is 1.